The number of ketones is 2. The molecule has 3 saturated carbocycles. The van der Waals surface area contributed by atoms with Crippen molar-refractivity contribution in [2.24, 2.45) is 29.1 Å². The Morgan fingerprint density at radius 3 is 2.70 bits per heavy atom. The zero-order chi connectivity index (χ0) is 23.0. The van der Waals surface area contributed by atoms with E-state index < -0.39 is 18.5 Å². The van der Waals surface area contributed by atoms with Crippen LogP contribution >= 0.6 is 15.9 Å². The van der Waals surface area contributed by atoms with Crippen LogP contribution in [0.1, 0.15) is 63.7 Å². The van der Waals surface area contributed by atoms with Crippen molar-refractivity contribution in [1.82, 2.24) is 0 Å². The molecule has 6 heteroatoms. The topological polar surface area (TPSA) is 72.8 Å². The number of benzene rings is 1. The molecule has 0 aromatic heterocycles. The average Bonchev–Trinajstić information content (AvgIpc) is 3.31. The minimum absolute atomic E-state index is 0.241. The van der Waals surface area contributed by atoms with Gasteiger partial charge < -0.3 is 14.6 Å². The second-order valence-electron chi connectivity index (χ2n) is 10.9. The molecule has 5 nitrogen and oxygen atoms in total. The van der Waals surface area contributed by atoms with Gasteiger partial charge in [-0.15, -0.1) is 0 Å². The summed E-state index contributed by atoms with van der Waals surface area (Å²) in [5.41, 5.74) is 0.784. The lowest BCUT2D eigenvalue weighted by atomic mass is 9.50. The minimum Gasteiger partial charge on any atom is -0.388 e. The summed E-state index contributed by atoms with van der Waals surface area (Å²) in [7, 11) is 0. The monoisotopic (exact) mass is 514 g/mol. The lowest BCUT2D eigenvalue weighted by molar-refractivity contribution is -0.185. The highest BCUT2D eigenvalue weighted by Gasteiger charge is 2.74. The maximum atomic E-state index is 13.4. The van der Waals surface area contributed by atoms with Gasteiger partial charge in [0.2, 0.25) is 0 Å². The SMILES string of the molecule is C[C@]12CC[C@H]3[C@@H](CCC4=CC(=O)CC[C@@H]43)[C@@H]1C[C@H]1O[C@@H](c3ccc(Br)cc3)O[C@]12C(=O)CO. The number of halogens is 1. The van der Waals surface area contributed by atoms with Crippen LogP contribution < -0.4 is 0 Å². The zero-order valence-corrected chi connectivity index (χ0v) is 20.6. The van der Waals surface area contributed by atoms with Crippen LogP contribution in [0.3, 0.4) is 0 Å². The van der Waals surface area contributed by atoms with Crippen LogP contribution in [0.15, 0.2) is 40.4 Å². The summed E-state index contributed by atoms with van der Waals surface area (Å²) < 4.78 is 14.1. The third kappa shape index (κ3) is 3.06. The Morgan fingerprint density at radius 2 is 1.94 bits per heavy atom. The van der Waals surface area contributed by atoms with Crippen molar-refractivity contribution in [1.29, 1.82) is 0 Å². The Hall–Kier alpha value is -1.34. The van der Waals surface area contributed by atoms with Gasteiger partial charge in [-0.05, 0) is 80.4 Å². The molecule has 1 aromatic carbocycles. The van der Waals surface area contributed by atoms with E-state index in [0.717, 1.165) is 48.6 Å². The van der Waals surface area contributed by atoms with Crippen molar-refractivity contribution in [2.75, 3.05) is 6.61 Å². The van der Waals surface area contributed by atoms with Gasteiger partial charge in [0, 0.05) is 21.9 Å². The van der Waals surface area contributed by atoms with Crippen LogP contribution in [0.5, 0.6) is 0 Å². The van der Waals surface area contributed by atoms with Crippen molar-refractivity contribution < 1.29 is 24.2 Å². The molecule has 33 heavy (non-hydrogen) atoms. The van der Waals surface area contributed by atoms with Gasteiger partial charge in [0.15, 0.2) is 23.5 Å². The van der Waals surface area contributed by atoms with E-state index in [4.69, 9.17) is 9.47 Å². The van der Waals surface area contributed by atoms with Gasteiger partial charge >= 0.3 is 0 Å². The first kappa shape index (κ1) is 22.1. The predicted molar refractivity (Wildman–Crippen MR) is 125 cm³/mol. The quantitative estimate of drug-likeness (QED) is 0.619. The number of fused-ring (bicyclic) bond motifs is 7. The van der Waals surface area contributed by atoms with Crippen molar-refractivity contribution in [3.63, 3.8) is 0 Å². The predicted octanol–water partition coefficient (Wildman–Crippen LogP) is 4.92. The first-order chi connectivity index (χ1) is 15.9. The zero-order valence-electron chi connectivity index (χ0n) is 19.0. The summed E-state index contributed by atoms with van der Waals surface area (Å²) in [6, 6.07) is 7.83. The maximum absolute atomic E-state index is 13.4. The summed E-state index contributed by atoms with van der Waals surface area (Å²) >= 11 is 3.47. The molecule has 176 valence electrons. The molecule has 1 aromatic rings. The van der Waals surface area contributed by atoms with Crippen LogP contribution in [0.4, 0.5) is 0 Å². The van der Waals surface area contributed by atoms with Crippen molar-refractivity contribution in [2.45, 2.75) is 69.9 Å². The van der Waals surface area contributed by atoms with E-state index in [1.807, 2.05) is 30.3 Å². The van der Waals surface area contributed by atoms with Crippen LogP contribution in [0, 0.1) is 29.1 Å². The van der Waals surface area contributed by atoms with Gasteiger partial charge in [0.1, 0.15) is 6.61 Å². The van der Waals surface area contributed by atoms with Crippen molar-refractivity contribution in [3.05, 3.63) is 46.0 Å². The molecular formula is C27H31BrO5. The highest BCUT2D eigenvalue weighted by atomic mass is 79.9. The lowest BCUT2D eigenvalue weighted by Gasteiger charge is -2.55. The largest absolute Gasteiger partial charge is 0.388 e. The van der Waals surface area contributed by atoms with Crippen LogP contribution in [0.25, 0.3) is 0 Å². The molecule has 8 atom stereocenters. The number of ether oxygens (including phenoxy) is 2. The van der Waals surface area contributed by atoms with Gasteiger partial charge in [-0.3, -0.25) is 9.59 Å². The van der Waals surface area contributed by atoms with E-state index in [9.17, 15) is 14.7 Å². The highest BCUT2D eigenvalue weighted by Crippen LogP contribution is 2.69. The number of aliphatic hydroxyl groups excluding tert-OH is 1. The summed E-state index contributed by atoms with van der Waals surface area (Å²) in [5.74, 6) is 1.94. The molecule has 6 rings (SSSR count). The Kier molecular flexibility index (Phi) is 5.26. The fraction of sp³-hybridized carbons (Fsp3) is 0.630. The third-order valence-corrected chi connectivity index (χ3v) is 10.3. The fourth-order valence-electron chi connectivity index (χ4n) is 8.32. The first-order valence-corrected chi connectivity index (χ1v) is 13.1. The van der Waals surface area contributed by atoms with Crippen molar-refractivity contribution >= 4 is 27.5 Å². The first-order valence-electron chi connectivity index (χ1n) is 12.3. The number of aliphatic hydroxyl groups is 1. The van der Waals surface area contributed by atoms with E-state index in [2.05, 4.69) is 22.9 Å². The summed E-state index contributed by atoms with van der Waals surface area (Å²) in [5, 5.41) is 10.0. The summed E-state index contributed by atoms with van der Waals surface area (Å²) in [4.78, 5) is 25.4. The van der Waals surface area contributed by atoms with Gasteiger partial charge in [-0.25, -0.2) is 0 Å². The minimum atomic E-state index is -1.10. The van der Waals surface area contributed by atoms with E-state index >= 15 is 0 Å². The lowest BCUT2D eigenvalue weighted by Crippen LogP contribution is -2.59. The number of allylic oxidation sites excluding steroid dienone is 1. The number of hydrogen-bond acceptors (Lipinski definition) is 5. The van der Waals surface area contributed by atoms with Crippen molar-refractivity contribution in [3.8, 4) is 0 Å². The normalized spacial score (nSPS) is 43.8. The number of carbonyl (C=O) groups is 2. The van der Waals surface area contributed by atoms with E-state index in [1.165, 1.54) is 5.57 Å². The molecule has 1 aliphatic heterocycles. The molecule has 1 N–H and O–H groups in total. The summed E-state index contributed by atoms with van der Waals surface area (Å²) in [6.45, 7) is 1.69. The van der Waals surface area contributed by atoms with Crippen LogP contribution in [-0.4, -0.2) is 35.0 Å². The van der Waals surface area contributed by atoms with E-state index in [0.29, 0.717) is 30.1 Å². The van der Waals surface area contributed by atoms with Gasteiger partial charge in [0.05, 0.1) is 6.10 Å². The number of hydrogen-bond donors (Lipinski definition) is 1. The number of Topliss-reactive ketones (excluding diaryl/α,β-unsaturated/α-hetero) is 1. The molecule has 0 spiro atoms. The van der Waals surface area contributed by atoms with E-state index in [1.54, 1.807) is 0 Å². The Morgan fingerprint density at radius 1 is 1.15 bits per heavy atom. The molecule has 5 aliphatic rings. The maximum Gasteiger partial charge on any atom is 0.193 e. The average molecular weight is 515 g/mol. The smallest absolute Gasteiger partial charge is 0.193 e. The van der Waals surface area contributed by atoms with E-state index in [-0.39, 0.29) is 23.1 Å². The molecule has 0 radical (unpaired) electrons. The number of rotatable bonds is 3. The molecule has 1 saturated heterocycles. The molecule has 0 bridgehead atoms. The second-order valence-corrected chi connectivity index (χ2v) is 11.9. The Labute approximate surface area is 203 Å². The molecule has 0 unspecified atom stereocenters. The molecule has 0 amide bonds. The van der Waals surface area contributed by atoms with Crippen LogP contribution in [0.2, 0.25) is 0 Å². The van der Waals surface area contributed by atoms with Gasteiger partial charge in [-0.2, -0.15) is 0 Å². The Balaban J connectivity index is 1.34. The summed E-state index contributed by atoms with van der Waals surface area (Å²) in [6.07, 6.45) is 7.38. The molecular weight excluding hydrogens is 484 g/mol. The highest BCUT2D eigenvalue weighted by molar-refractivity contribution is 9.10. The Bertz CT molecular complexity index is 1020. The molecule has 4 aliphatic carbocycles. The third-order valence-electron chi connectivity index (χ3n) is 9.74. The molecule has 1 heterocycles. The van der Waals surface area contributed by atoms with Crippen LogP contribution in [-0.2, 0) is 19.1 Å². The molecule has 4 fully saturated rings. The number of carbonyl (C=O) groups excluding carboxylic acids is 2. The standard InChI is InChI=1S/C27H31BrO5/c1-26-11-10-20-19-9-7-18(30)12-16(19)4-8-21(20)22(26)13-24-27(26,23(31)14-29)33-25(32-24)15-2-5-17(28)6-3-15/h2-3,5-6,12,19-22,24-25,29H,4,7-11,13-14H2,1H3/t19-,20+,21+,22-,24+,25+,26-,27+/m0/s1. The van der Waals surface area contributed by atoms with Gasteiger partial charge in [0.25, 0.3) is 0 Å². The second kappa shape index (κ2) is 7.84. The van der Waals surface area contributed by atoms with Gasteiger partial charge in [-0.1, -0.05) is 40.6 Å². The fourth-order valence-corrected chi connectivity index (χ4v) is 8.58.